The highest BCUT2D eigenvalue weighted by Crippen LogP contribution is 2.11. The Morgan fingerprint density at radius 1 is 1.50 bits per heavy atom. The molecular weight excluding hydrogens is 176 g/mol. The number of hydrogen-bond acceptors (Lipinski definition) is 2. The quantitative estimate of drug-likeness (QED) is 0.674. The van der Waals surface area contributed by atoms with E-state index in [1.54, 1.807) is 0 Å². The lowest BCUT2D eigenvalue weighted by molar-refractivity contribution is -0.119. The molecule has 3 heteroatoms. The van der Waals surface area contributed by atoms with Gasteiger partial charge in [-0.15, -0.1) is 0 Å². The summed E-state index contributed by atoms with van der Waals surface area (Å²) < 4.78 is 0. The molecule has 1 aliphatic heterocycles. The van der Waals surface area contributed by atoms with Crippen LogP contribution in [0, 0.1) is 5.92 Å². The molecule has 1 aliphatic rings. The van der Waals surface area contributed by atoms with Crippen LogP contribution < -0.4 is 16.3 Å². The summed E-state index contributed by atoms with van der Waals surface area (Å²) in [6.07, 6.45) is 0. The van der Waals surface area contributed by atoms with Crippen molar-refractivity contribution in [3.63, 3.8) is 0 Å². The molecule has 0 saturated heterocycles. The minimum absolute atomic E-state index is 0.220. The smallest absolute Gasteiger partial charge is 0.224 e. The summed E-state index contributed by atoms with van der Waals surface area (Å²) in [5.74, 6) is -0.505. The largest absolute Gasteiger partial charge is 0.369 e. The zero-order chi connectivity index (χ0) is 10.1. The molecule has 2 N–H and O–H groups in total. The number of para-hydroxylation sites is 1. The number of nitrogens with zero attached hydrogens (tertiary/aromatic N) is 1. The van der Waals surface area contributed by atoms with E-state index in [0.29, 0.717) is 6.54 Å². The lowest BCUT2D eigenvalue weighted by Crippen LogP contribution is -2.29. The van der Waals surface area contributed by atoms with Crippen molar-refractivity contribution in [2.75, 3.05) is 6.54 Å². The molecule has 0 aromatic heterocycles. The Morgan fingerprint density at radius 2 is 2.21 bits per heavy atom. The topological polar surface area (TPSA) is 55.5 Å². The Balaban J connectivity index is 2.61. The van der Waals surface area contributed by atoms with Crippen LogP contribution in [0.4, 0.5) is 0 Å². The van der Waals surface area contributed by atoms with Crippen molar-refractivity contribution in [3.8, 4) is 0 Å². The van der Waals surface area contributed by atoms with E-state index in [1.807, 2.05) is 31.2 Å². The molecule has 0 saturated carbocycles. The molecule has 0 bridgehead atoms. The number of carbonyl (C=O) groups excluding carboxylic acids is 1. The molecule has 1 aromatic carbocycles. The van der Waals surface area contributed by atoms with Gasteiger partial charge in [-0.25, -0.2) is 0 Å². The summed E-state index contributed by atoms with van der Waals surface area (Å²) in [5, 5.41) is 2.04. The van der Waals surface area contributed by atoms with E-state index in [9.17, 15) is 4.79 Å². The Kier molecular flexibility index (Phi) is 2.08. The second-order valence-electron chi connectivity index (χ2n) is 3.48. The van der Waals surface area contributed by atoms with E-state index < -0.39 is 0 Å². The number of rotatable bonds is 2. The maximum Gasteiger partial charge on any atom is 0.224 e. The highest BCUT2D eigenvalue weighted by Gasteiger charge is 2.17. The fourth-order valence-electron chi connectivity index (χ4n) is 1.68. The predicted octanol–water partition coefficient (Wildman–Crippen LogP) is -0.408. The average Bonchev–Trinajstić information content (AvgIpc) is 2.60. The van der Waals surface area contributed by atoms with E-state index in [-0.39, 0.29) is 11.8 Å². The van der Waals surface area contributed by atoms with Crippen LogP contribution in [0.3, 0.4) is 0 Å². The molecule has 0 radical (unpaired) electrons. The number of nitrogens with two attached hydrogens (primary N) is 1. The van der Waals surface area contributed by atoms with Crippen LogP contribution in [0.15, 0.2) is 29.3 Å². The van der Waals surface area contributed by atoms with Crippen LogP contribution in [0.1, 0.15) is 6.92 Å². The standard InChI is InChI=1S/C11H12N2O/c1-7(11(12)14)9-6-13-10-5-3-2-4-8(9)10/h2-5,7H,6H2,1H3,(H2,12,14)/t7-/m0/s1. The van der Waals surface area contributed by atoms with Crippen molar-refractivity contribution in [2.45, 2.75) is 6.92 Å². The van der Waals surface area contributed by atoms with E-state index >= 15 is 0 Å². The Hall–Kier alpha value is -1.64. The fourth-order valence-corrected chi connectivity index (χ4v) is 1.68. The monoisotopic (exact) mass is 188 g/mol. The van der Waals surface area contributed by atoms with Crippen molar-refractivity contribution in [1.29, 1.82) is 0 Å². The van der Waals surface area contributed by atoms with Gasteiger partial charge in [0.25, 0.3) is 0 Å². The SMILES string of the molecule is C[C@H](C(N)=O)C1=c2ccccc2=NC1. The summed E-state index contributed by atoms with van der Waals surface area (Å²) in [4.78, 5) is 15.4. The van der Waals surface area contributed by atoms with Crippen LogP contribution in [0.2, 0.25) is 0 Å². The van der Waals surface area contributed by atoms with Gasteiger partial charge in [-0.1, -0.05) is 18.2 Å². The minimum atomic E-state index is -0.285. The first-order chi connectivity index (χ1) is 6.70. The van der Waals surface area contributed by atoms with Gasteiger partial charge >= 0.3 is 0 Å². The Bertz CT molecular complexity index is 490. The zero-order valence-corrected chi connectivity index (χ0v) is 8.03. The van der Waals surface area contributed by atoms with E-state index in [0.717, 1.165) is 16.1 Å². The summed E-state index contributed by atoms with van der Waals surface area (Å²) >= 11 is 0. The molecular formula is C11H12N2O. The van der Waals surface area contributed by atoms with Crippen molar-refractivity contribution in [3.05, 3.63) is 34.8 Å². The number of benzene rings is 1. The molecule has 1 amide bonds. The van der Waals surface area contributed by atoms with E-state index in [4.69, 9.17) is 5.73 Å². The van der Waals surface area contributed by atoms with Crippen LogP contribution in [0.5, 0.6) is 0 Å². The molecule has 72 valence electrons. The molecule has 1 heterocycles. The Morgan fingerprint density at radius 3 is 2.93 bits per heavy atom. The molecule has 2 rings (SSSR count). The van der Waals surface area contributed by atoms with Crippen LogP contribution in [-0.2, 0) is 4.79 Å². The van der Waals surface area contributed by atoms with E-state index in [1.165, 1.54) is 0 Å². The van der Waals surface area contributed by atoms with Crippen molar-refractivity contribution >= 4 is 11.5 Å². The van der Waals surface area contributed by atoms with Gasteiger partial charge in [0.2, 0.25) is 5.91 Å². The third kappa shape index (κ3) is 1.31. The van der Waals surface area contributed by atoms with Gasteiger partial charge in [-0.05, 0) is 18.6 Å². The number of carbonyl (C=O) groups is 1. The highest BCUT2D eigenvalue weighted by atomic mass is 16.1. The first-order valence-electron chi connectivity index (χ1n) is 4.62. The number of amides is 1. The maximum absolute atomic E-state index is 11.1. The lowest BCUT2D eigenvalue weighted by atomic mass is 9.99. The predicted molar refractivity (Wildman–Crippen MR) is 53.9 cm³/mol. The Labute approximate surface area is 82.0 Å². The maximum atomic E-state index is 11.1. The van der Waals surface area contributed by atoms with Crippen molar-refractivity contribution in [2.24, 2.45) is 16.6 Å². The van der Waals surface area contributed by atoms with Gasteiger partial charge in [-0.2, -0.15) is 0 Å². The van der Waals surface area contributed by atoms with Gasteiger partial charge < -0.3 is 5.73 Å². The fraction of sp³-hybridized carbons (Fsp3) is 0.273. The first-order valence-corrected chi connectivity index (χ1v) is 4.62. The number of primary amides is 1. The number of fused-ring (bicyclic) bond motifs is 1. The molecule has 0 spiro atoms. The second kappa shape index (κ2) is 3.25. The average molecular weight is 188 g/mol. The highest BCUT2D eigenvalue weighted by molar-refractivity contribution is 5.86. The molecule has 0 aliphatic carbocycles. The number of hydrogen-bond donors (Lipinski definition) is 1. The normalized spacial score (nSPS) is 15.9. The minimum Gasteiger partial charge on any atom is -0.369 e. The first kappa shape index (κ1) is 8.94. The molecule has 0 fully saturated rings. The summed E-state index contributed by atoms with van der Waals surface area (Å²) in [6, 6.07) is 7.84. The van der Waals surface area contributed by atoms with Gasteiger partial charge in [-0.3, -0.25) is 9.79 Å². The van der Waals surface area contributed by atoms with Crippen molar-refractivity contribution in [1.82, 2.24) is 0 Å². The van der Waals surface area contributed by atoms with Crippen LogP contribution in [0.25, 0.3) is 5.57 Å². The third-order valence-electron chi connectivity index (χ3n) is 2.62. The summed E-state index contributed by atoms with van der Waals surface area (Å²) in [7, 11) is 0. The van der Waals surface area contributed by atoms with E-state index in [2.05, 4.69) is 4.99 Å². The molecule has 1 aromatic rings. The molecule has 3 nitrogen and oxygen atoms in total. The molecule has 14 heavy (non-hydrogen) atoms. The summed E-state index contributed by atoms with van der Waals surface area (Å²) in [5.41, 5.74) is 6.31. The van der Waals surface area contributed by atoms with Crippen LogP contribution >= 0.6 is 0 Å². The third-order valence-corrected chi connectivity index (χ3v) is 2.62. The molecule has 0 unspecified atom stereocenters. The van der Waals surface area contributed by atoms with Gasteiger partial charge in [0, 0.05) is 5.22 Å². The molecule has 1 atom stereocenters. The van der Waals surface area contributed by atoms with Crippen LogP contribution in [-0.4, -0.2) is 12.5 Å². The van der Waals surface area contributed by atoms with Gasteiger partial charge in [0.05, 0.1) is 17.8 Å². The zero-order valence-electron chi connectivity index (χ0n) is 8.03. The van der Waals surface area contributed by atoms with Gasteiger partial charge in [0.1, 0.15) is 0 Å². The summed E-state index contributed by atoms with van der Waals surface area (Å²) in [6.45, 7) is 2.43. The van der Waals surface area contributed by atoms with Gasteiger partial charge in [0.15, 0.2) is 0 Å². The van der Waals surface area contributed by atoms with Crippen molar-refractivity contribution < 1.29 is 4.79 Å². The lowest BCUT2D eigenvalue weighted by Gasteiger charge is -2.06. The second-order valence-corrected chi connectivity index (χ2v) is 3.48.